The molecule has 112 valence electrons. The van der Waals surface area contributed by atoms with Gasteiger partial charge in [-0.2, -0.15) is 4.98 Å². The van der Waals surface area contributed by atoms with Crippen molar-refractivity contribution in [2.24, 2.45) is 0 Å². The first-order valence-electron chi connectivity index (χ1n) is 7.19. The van der Waals surface area contributed by atoms with Crippen LogP contribution >= 0.6 is 0 Å². The van der Waals surface area contributed by atoms with Crippen molar-refractivity contribution in [1.82, 2.24) is 9.97 Å². The molecule has 1 aromatic carbocycles. The first-order valence-corrected chi connectivity index (χ1v) is 7.19. The highest BCUT2D eigenvalue weighted by molar-refractivity contribution is 5.40. The second-order valence-corrected chi connectivity index (χ2v) is 4.98. The SMILES string of the molecule is Cc1ccccc1CNc1nccc(NCc2ccco2)n1. The monoisotopic (exact) mass is 294 g/mol. The Hall–Kier alpha value is -2.82. The van der Waals surface area contributed by atoms with Crippen molar-refractivity contribution in [1.29, 1.82) is 0 Å². The summed E-state index contributed by atoms with van der Waals surface area (Å²) in [6.07, 6.45) is 3.39. The number of anilines is 2. The number of aromatic nitrogens is 2. The van der Waals surface area contributed by atoms with Gasteiger partial charge in [-0.05, 0) is 36.2 Å². The highest BCUT2D eigenvalue weighted by Crippen LogP contribution is 2.11. The minimum Gasteiger partial charge on any atom is -0.467 e. The second-order valence-electron chi connectivity index (χ2n) is 4.98. The van der Waals surface area contributed by atoms with Gasteiger partial charge in [0.15, 0.2) is 0 Å². The van der Waals surface area contributed by atoms with Gasteiger partial charge < -0.3 is 15.1 Å². The van der Waals surface area contributed by atoms with Crippen LogP contribution < -0.4 is 10.6 Å². The molecule has 0 amide bonds. The van der Waals surface area contributed by atoms with Crippen LogP contribution in [0.15, 0.2) is 59.3 Å². The summed E-state index contributed by atoms with van der Waals surface area (Å²) in [5, 5.41) is 6.46. The third-order valence-electron chi connectivity index (χ3n) is 3.38. The number of nitrogens with zero attached hydrogens (tertiary/aromatic N) is 2. The van der Waals surface area contributed by atoms with E-state index in [0.29, 0.717) is 19.0 Å². The van der Waals surface area contributed by atoms with E-state index in [-0.39, 0.29) is 0 Å². The van der Waals surface area contributed by atoms with Gasteiger partial charge >= 0.3 is 0 Å². The Bertz CT molecular complexity index is 725. The van der Waals surface area contributed by atoms with E-state index < -0.39 is 0 Å². The van der Waals surface area contributed by atoms with Crippen molar-refractivity contribution >= 4 is 11.8 Å². The summed E-state index contributed by atoms with van der Waals surface area (Å²) in [5.41, 5.74) is 2.49. The zero-order valence-electron chi connectivity index (χ0n) is 12.4. The highest BCUT2D eigenvalue weighted by atomic mass is 16.3. The highest BCUT2D eigenvalue weighted by Gasteiger charge is 2.02. The molecule has 0 spiro atoms. The number of hydrogen-bond acceptors (Lipinski definition) is 5. The quantitative estimate of drug-likeness (QED) is 0.727. The normalized spacial score (nSPS) is 10.4. The number of nitrogens with one attached hydrogen (secondary N) is 2. The fourth-order valence-electron chi connectivity index (χ4n) is 2.12. The van der Waals surface area contributed by atoms with Crippen molar-refractivity contribution in [2.45, 2.75) is 20.0 Å². The molecule has 0 unspecified atom stereocenters. The predicted octanol–water partition coefficient (Wildman–Crippen LogP) is 3.60. The molecular weight excluding hydrogens is 276 g/mol. The molecule has 0 saturated heterocycles. The van der Waals surface area contributed by atoms with E-state index in [2.05, 4.69) is 39.7 Å². The van der Waals surface area contributed by atoms with Crippen molar-refractivity contribution in [3.05, 3.63) is 71.8 Å². The Balaban J connectivity index is 1.60. The van der Waals surface area contributed by atoms with Crippen LogP contribution in [0.4, 0.5) is 11.8 Å². The van der Waals surface area contributed by atoms with Gasteiger partial charge in [0.05, 0.1) is 12.8 Å². The predicted molar refractivity (Wildman–Crippen MR) is 86.6 cm³/mol. The lowest BCUT2D eigenvalue weighted by molar-refractivity contribution is 0.518. The smallest absolute Gasteiger partial charge is 0.224 e. The molecule has 2 heterocycles. The van der Waals surface area contributed by atoms with Crippen LogP contribution in [0, 0.1) is 6.92 Å². The molecule has 0 fully saturated rings. The molecule has 22 heavy (non-hydrogen) atoms. The van der Waals surface area contributed by atoms with Gasteiger partial charge in [-0.3, -0.25) is 0 Å². The van der Waals surface area contributed by atoms with Crippen molar-refractivity contribution in [3.63, 3.8) is 0 Å². The molecule has 5 heteroatoms. The summed E-state index contributed by atoms with van der Waals surface area (Å²) >= 11 is 0. The number of hydrogen-bond donors (Lipinski definition) is 2. The van der Waals surface area contributed by atoms with Gasteiger partial charge in [-0.25, -0.2) is 4.98 Å². The molecule has 2 N–H and O–H groups in total. The zero-order valence-corrected chi connectivity index (χ0v) is 12.4. The summed E-state index contributed by atoms with van der Waals surface area (Å²) in [4.78, 5) is 8.69. The molecule has 3 rings (SSSR count). The Morgan fingerprint density at radius 1 is 1.00 bits per heavy atom. The largest absolute Gasteiger partial charge is 0.467 e. The number of benzene rings is 1. The van der Waals surface area contributed by atoms with Crippen molar-refractivity contribution in [3.8, 4) is 0 Å². The second kappa shape index (κ2) is 6.76. The molecule has 0 aliphatic rings. The Labute approximate surface area is 129 Å². The molecule has 0 radical (unpaired) electrons. The lowest BCUT2D eigenvalue weighted by atomic mass is 10.1. The number of furan rings is 1. The van der Waals surface area contributed by atoms with E-state index in [4.69, 9.17) is 4.42 Å². The first kappa shape index (κ1) is 14.1. The van der Waals surface area contributed by atoms with Crippen LogP contribution in [-0.2, 0) is 13.1 Å². The van der Waals surface area contributed by atoms with Gasteiger partial charge in [0.25, 0.3) is 0 Å². The molecule has 0 bridgehead atoms. The average Bonchev–Trinajstić information content (AvgIpc) is 3.06. The Morgan fingerprint density at radius 3 is 2.73 bits per heavy atom. The van der Waals surface area contributed by atoms with Crippen LogP contribution in [0.3, 0.4) is 0 Å². The van der Waals surface area contributed by atoms with Gasteiger partial charge in [0, 0.05) is 12.7 Å². The maximum atomic E-state index is 5.28. The van der Waals surface area contributed by atoms with Crippen LogP contribution in [-0.4, -0.2) is 9.97 Å². The number of rotatable bonds is 6. The fraction of sp³-hybridized carbons (Fsp3) is 0.176. The maximum absolute atomic E-state index is 5.28. The van der Waals surface area contributed by atoms with Gasteiger partial charge in [0.2, 0.25) is 5.95 Å². The van der Waals surface area contributed by atoms with Crippen LogP contribution in [0.5, 0.6) is 0 Å². The van der Waals surface area contributed by atoms with Gasteiger partial charge in [-0.15, -0.1) is 0 Å². The fourth-order valence-corrected chi connectivity index (χ4v) is 2.12. The molecule has 5 nitrogen and oxygen atoms in total. The van der Waals surface area contributed by atoms with Gasteiger partial charge in [0.1, 0.15) is 11.6 Å². The summed E-state index contributed by atoms with van der Waals surface area (Å²) in [6, 6.07) is 13.9. The molecule has 0 atom stereocenters. The molecule has 2 aromatic heterocycles. The van der Waals surface area contributed by atoms with E-state index in [1.54, 1.807) is 12.5 Å². The molecule has 0 aliphatic carbocycles. The summed E-state index contributed by atoms with van der Waals surface area (Å²) in [6.45, 7) is 3.40. The van der Waals surface area contributed by atoms with E-state index in [1.165, 1.54) is 11.1 Å². The number of aryl methyl sites for hydroxylation is 1. The first-order chi connectivity index (χ1) is 10.8. The van der Waals surface area contributed by atoms with E-state index >= 15 is 0 Å². The van der Waals surface area contributed by atoms with E-state index in [9.17, 15) is 0 Å². The third-order valence-corrected chi connectivity index (χ3v) is 3.38. The summed E-state index contributed by atoms with van der Waals surface area (Å²) in [7, 11) is 0. The molecule has 3 aromatic rings. The van der Waals surface area contributed by atoms with Crippen LogP contribution in [0.2, 0.25) is 0 Å². The maximum Gasteiger partial charge on any atom is 0.224 e. The molecule has 0 aliphatic heterocycles. The lowest BCUT2D eigenvalue weighted by Gasteiger charge is -2.09. The summed E-state index contributed by atoms with van der Waals surface area (Å²) < 4.78 is 5.28. The topological polar surface area (TPSA) is 63.0 Å². The van der Waals surface area contributed by atoms with Crippen molar-refractivity contribution in [2.75, 3.05) is 10.6 Å². The van der Waals surface area contributed by atoms with Crippen LogP contribution in [0.1, 0.15) is 16.9 Å². The van der Waals surface area contributed by atoms with Gasteiger partial charge in [-0.1, -0.05) is 24.3 Å². The average molecular weight is 294 g/mol. The Kier molecular flexibility index (Phi) is 4.34. The zero-order chi connectivity index (χ0) is 15.2. The molecule has 0 saturated carbocycles. The summed E-state index contributed by atoms with van der Waals surface area (Å²) in [5.74, 6) is 2.24. The van der Waals surface area contributed by atoms with E-state index in [1.807, 2.05) is 30.3 Å². The Morgan fingerprint density at radius 2 is 1.91 bits per heavy atom. The third kappa shape index (κ3) is 3.63. The van der Waals surface area contributed by atoms with Crippen LogP contribution in [0.25, 0.3) is 0 Å². The standard InChI is InChI=1S/C17H18N4O/c1-13-5-2-3-6-14(13)11-20-17-18-9-8-16(21-17)19-12-15-7-4-10-22-15/h2-10H,11-12H2,1H3,(H2,18,19,20,21). The van der Waals surface area contributed by atoms with E-state index in [0.717, 1.165) is 11.6 Å². The minimum absolute atomic E-state index is 0.598. The minimum atomic E-state index is 0.598. The lowest BCUT2D eigenvalue weighted by Crippen LogP contribution is -2.07. The van der Waals surface area contributed by atoms with Crippen molar-refractivity contribution < 1.29 is 4.42 Å². The molecular formula is C17H18N4O.